The lowest BCUT2D eigenvalue weighted by Gasteiger charge is -2.25. The van der Waals surface area contributed by atoms with Gasteiger partial charge in [-0.2, -0.15) is 0 Å². The van der Waals surface area contributed by atoms with Crippen molar-refractivity contribution < 1.29 is 9.53 Å². The van der Waals surface area contributed by atoms with Gasteiger partial charge in [-0.05, 0) is 62.7 Å². The summed E-state index contributed by atoms with van der Waals surface area (Å²) in [5, 5.41) is 2.76. The second-order valence-electron chi connectivity index (χ2n) is 7.46. The first-order valence-electron chi connectivity index (χ1n) is 9.22. The van der Waals surface area contributed by atoms with E-state index in [2.05, 4.69) is 27.3 Å². The molecule has 28 heavy (non-hydrogen) atoms. The lowest BCUT2D eigenvalue weighted by Crippen LogP contribution is -2.27. The smallest absolute Gasteiger partial charge is 0.412 e. The summed E-state index contributed by atoms with van der Waals surface area (Å²) in [7, 11) is 0. The molecule has 0 radical (unpaired) electrons. The third kappa shape index (κ3) is 5.58. The van der Waals surface area contributed by atoms with Crippen LogP contribution in [0, 0.1) is 0 Å². The third-order valence-electron chi connectivity index (χ3n) is 3.97. The van der Waals surface area contributed by atoms with Gasteiger partial charge < -0.3 is 9.64 Å². The number of rotatable bonds is 5. The fourth-order valence-corrected chi connectivity index (χ4v) is 2.76. The quantitative estimate of drug-likeness (QED) is 0.615. The molecule has 0 spiro atoms. The van der Waals surface area contributed by atoms with E-state index in [-0.39, 0.29) is 0 Å². The molecule has 0 aliphatic carbocycles. The largest absolute Gasteiger partial charge is 0.444 e. The number of hydrogen-bond donors (Lipinski definition) is 1. The molecule has 5 nitrogen and oxygen atoms in total. The predicted molar refractivity (Wildman–Crippen MR) is 113 cm³/mol. The maximum Gasteiger partial charge on any atom is 0.412 e. The van der Waals surface area contributed by atoms with Crippen LogP contribution in [0.25, 0.3) is 0 Å². The number of carbonyl (C=O) groups is 1. The molecule has 0 atom stereocenters. The van der Waals surface area contributed by atoms with Crippen molar-refractivity contribution in [3.05, 3.63) is 84.7 Å². The molecule has 0 aliphatic rings. The van der Waals surface area contributed by atoms with E-state index in [9.17, 15) is 4.79 Å². The zero-order chi connectivity index (χ0) is 20.0. The van der Waals surface area contributed by atoms with E-state index in [1.165, 1.54) is 5.56 Å². The van der Waals surface area contributed by atoms with Crippen molar-refractivity contribution in [2.24, 2.45) is 0 Å². The van der Waals surface area contributed by atoms with Crippen molar-refractivity contribution in [2.45, 2.75) is 32.9 Å². The highest BCUT2D eigenvalue weighted by molar-refractivity contribution is 5.85. The molecule has 3 rings (SSSR count). The van der Waals surface area contributed by atoms with Crippen LogP contribution in [0.3, 0.4) is 0 Å². The number of pyridine rings is 1. The highest BCUT2D eigenvalue weighted by atomic mass is 16.6. The van der Waals surface area contributed by atoms with Crippen molar-refractivity contribution in [3.63, 3.8) is 0 Å². The number of anilines is 3. The summed E-state index contributed by atoms with van der Waals surface area (Å²) >= 11 is 0. The first kappa shape index (κ1) is 19.4. The minimum atomic E-state index is -0.531. The molecule has 1 aromatic heterocycles. The van der Waals surface area contributed by atoms with Crippen LogP contribution in [0.1, 0.15) is 26.3 Å². The Bertz CT molecular complexity index is 889. The topological polar surface area (TPSA) is 54.5 Å². The molecule has 0 fully saturated rings. The molecule has 2 aromatic carbocycles. The second kappa shape index (κ2) is 8.57. The van der Waals surface area contributed by atoms with Crippen LogP contribution in [0.15, 0.2) is 79.1 Å². The predicted octanol–water partition coefficient (Wildman–Crippen LogP) is 5.77. The minimum absolute atomic E-state index is 0.464. The summed E-state index contributed by atoms with van der Waals surface area (Å²) < 4.78 is 5.30. The normalized spacial score (nSPS) is 11.0. The molecule has 5 heteroatoms. The molecule has 0 unspecified atom stereocenters. The average Bonchev–Trinajstić information content (AvgIpc) is 2.67. The summed E-state index contributed by atoms with van der Waals surface area (Å²) in [6.07, 6.45) is 3.14. The van der Waals surface area contributed by atoms with Gasteiger partial charge in [-0.3, -0.25) is 10.3 Å². The van der Waals surface area contributed by atoms with Gasteiger partial charge in [0.15, 0.2) is 0 Å². The van der Waals surface area contributed by atoms with Gasteiger partial charge in [0.2, 0.25) is 0 Å². The summed E-state index contributed by atoms with van der Waals surface area (Å²) in [6, 6.07) is 21.9. The molecule has 3 aromatic rings. The Balaban J connectivity index is 1.80. The van der Waals surface area contributed by atoms with Gasteiger partial charge >= 0.3 is 6.09 Å². The van der Waals surface area contributed by atoms with Crippen molar-refractivity contribution >= 4 is 23.2 Å². The highest BCUT2D eigenvalue weighted by Crippen LogP contribution is 2.28. The number of carbonyl (C=O) groups excluding carboxylic acids is 1. The van der Waals surface area contributed by atoms with Gasteiger partial charge in [-0.25, -0.2) is 4.79 Å². The van der Waals surface area contributed by atoms with Crippen molar-refractivity contribution in [1.82, 2.24) is 4.98 Å². The number of amides is 1. The van der Waals surface area contributed by atoms with Crippen LogP contribution in [-0.4, -0.2) is 16.7 Å². The van der Waals surface area contributed by atoms with E-state index in [4.69, 9.17) is 4.74 Å². The molecule has 1 N–H and O–H groups in total. The van der Waals surface area contributed by atoms with E-state index in [1.807, 2.05) is 81.6 Å². The Morgan fingerprint density at radius 1 is 0.964 bits per heavy atom. The van der Waals surface area contributed by atoms with Crippen molar-refractivity contribution in [3.8, 4) is 0 Å². The van der Waals surface area contributed by atoms with Crippen LogP contribution < -0.4 is 10.2 Å². The summed E-state index contributed by atoms with van der Waals surface area (Å²) in [6.45, 7) is 6.23. The van der Waals surface area contributed by atoms with Gasteiger partial charge in [0.05, 0.1) is 11.9 Å². The maximum atomic E-state index is 12.0. The SMILES string of the molecule is CC(C)(C)OC(=O)Nc1ccc(N(Cc2ccccc2)c2cccnc2)cc1. The van der Waals surface area contributed by atoms with E-state index >= 15 is 0 Å². The summed E-state index contributed by atoms with van der Waals surface area (Å²) in [4.78, 5) is 18.4. The van der Waals surface area contributed by atoms with E-state index < -0.39 is 11.7 Å². The second-order valence-corrected chi connectivity index (χ2v) is 7.46. The van der Waals surface area contributed by atoms with Crippen molar-refractivity contribution in [2.75, 3.05) is 10.2 Å². The number of ether oxygens (including phenoxy) is 1. The molecule has 144 valence electrons. The van der Waals surface area contributed by atoms with Crippen LogP contribution in [0.4, 0.5) is 21.9 Å². The molecule has 1 amide bonds. The van der Waals surface area contributed by atoms with Crippen LogP contribution in [-0.2, 0) is 11.3 Å². The van der Waals surface area contributed by atoms with Gasteiger partial charge in [-0.1, -0.05) is 30.3 Å². The molecule has 1 heterocycles. The minimum Gasteiger partial charge on any atom is -0.444 e. The lowest BCUT2D eigenvalue weighted by atomic mass is 10.1. The standard InChI is InChI=1S/C23H25N3O2/c1-23(2,3)28-22(27)25-19-11-13-20(14-12-19)26(21-10-7-15-24-16-21)17-18-8-5-4-6-9-18/h4-16H,17H2,1-3H3,(H,25,27). The first-order chi connectivity index (χ1) is 13.4. The van der Waals surface area contributed by atoms with Gasteiger partial charge in [0.25, 0.3) is 0 Å². The summed E-state index contributed by atoms with van der Waals surface area (Å²) in [5.74, 6) is 0. The monoisotopic (exact) mass is 375 g/mol. The molecule has 0 aliphatic heterocycles. The highest BCUT2D eigenvalue weighted by Gasteiger charge is 2.16. The van der Waals surface area contributed by atoms with Gasteiger partial charge in [-0.15, -0.1) is 0 Å². The summed E-state index contributed by atoms with van der Waals surface area (Å²) in [5.41, 5.74) is 3.36. The van der Waals surface area contributed by atoms with E-state index in [0.717, 1.165) is 11.4 Å². The fraction of sp³-hybridized carbons (Fsp3) is 0.217. The number of nitrogens with zero attached hydrogens (tertiary/aromatic N) is 2. The maximum absolute atomic E-state index is 12.0. The fourth-order valence-electron chi connectivity index (χ4n) is 2.76. The third-order valence-corrected chi connectivity index (χ3v) is 3.97. The molecular weight excluding hydrogens is 350 g/mol. The zero-order valence-electron chi connectivity index (χ0n) is 16.4. The van der Waals surface area contributed by atoms with Crippen molar-refractivity contribution in [1.29, 1.82) is 0 Å². The molecule has 0 saturated carbocycles. The Hall–Kier alpha value is -3.34. The Morgan fingerprint density at radius 2 is 1.68 bits per heavy atom. The van der Waals surface area contributed by atoms with Crippen LogP contribution in [0.5, 0.6) is 0 Å². The van der Waals surface area contributed by atoms with E-state index in [1.54, 1.807) is 6.20 Å². The lowest BCUT2D eigenvalue weighted by molar-refractivity contribution is 0.0636. The Morgan fingerprint density at radius 3 is 2.29 bits per heavy atom. The van der Waals surface area contributed by atoms with Crippen LogP contribution >= 0.6 is 0 Å². The number of nitrogens with one attached hydrogen (secondary N) is 1. The molecule has 0 bridgehead atoms. The van der Waals surface area contributed by atoms with Gasteiger partial charge in [0.1, 0.15) is 5.60 Å². The number of hydrogen-bond acceptors (Lipinski definition) is 4. The molecular formula is C23H25N3O2. The number of aromatic nitrogens is 1. The van der Waals surface area contributed by atoms with Gasteiger partial charge in [0, 0.05) is 24.1 Å². The first-order valence-corrected chi connectivity index (χ1v) is 9.22. The Labute approximate surface area is 166 Å². The number of benzene rings is 2. The molecule has 0 saturated heterocycles. The van der Waals surface area contributed by atoms with E-state index in [0.29, 0.717) is 12.2 Å². The zero-order valence-corrected chi connectivity index (χ0v) is 16.4. The Kier molecular flexibility index (Phi) is 5.94. The average molecular weight is 375 g/mol. The van der Waals surface area contributed by atoms with Crippen LogP contribution in [0.2, 0.25) is 0 Å².